The maximum Gasteiger partial charge on any atom is 0.417 e. The van der Waals surface area contributed by atoms with Crippen LogP contribution in [0.2, 0.25) is 0 Å². The Morgan fingerprint density at radius 2 is 2.00 bits per heavy atom. The van der Waals surface area contributed by atoms with Crippen LogP contribution >= 0.6 is 0 Å². The van der Waals surface area contributed by atoms with Gasteiger partial charge in [0.2, 0.25) is 0 Å². The van der Waals surface area contributed by atoms with Crippen LogP contribution in [0, 0.1) is 11.3 Å². The lowest BCUT2D eigenvalue weighted by molar-refractivity contribution is -0.137. The van der Waals surface area contributed by atoms with E-state index in [9.17, 15) is 31.6 Å². The van der Waals surface area contributed by atoms with Crippen LogP contribution in [-0.2, 0) is 23.1 Å². The van der Waals surface area contributed by atoms with Gasteiger partial charge < -0.3 is 9.88 Å². The van der Waals surface area contributed by atoms with Crippen LogP contribution in [0.15, 0.2) is 29.6 Å². The molecule has 1 aliphatic carbocycles. The summed E-state index contributed by atoms with van der Waals surface area (Å²) >= 11 is 0. The smallest absolute Gasteiger partial charge is 0.332 e. The summed E-state index contributed by atoms with van der Waals surface area (Å²) in [5.41, 5.74) is -2.23. The molecular formula is C21H17F3N8O3S. The number of sulfone groups is 1. The summed E-state index contributed by atoms with van der Waals surface area (Å²) in [6.45, 7) is 1.40. The van der Waals surface area contributed by atoms with E-state index >= 15 is 0 Å². The molecule has 36 heavy (non-hydrogen) atoms. The topological polar surface area (TPSA) is 148 Å². The highest BCUT2D eigenvalue weighted by molar-refractivity contribution is 7.91. The Morgan fingerprint density at radius 3 is 2.61 bits per heavy atom. The molecule has 0 aromatic carbocycles. The van der Waals surface area contributed by atoms with Crippen molar-refractivity contribution in [1.29, 1.82) is 5.26 Å². The number of nitrogens with zero attached hydrogens (tertiary/aromatic N) is 7. The van der Waals surface area contributed by atoms with E-state index < -0.39 is 38.0 Å². The minimum Gasteiger partial charge on any atom is -0.332 e. The molecule has 1 fully saturated rings. The van der Waals surface area contributed by atoms with Crippen molar-refractivity contribution in [2.24, 2.45) is 7.05 Å². The number of alkyl halides is 3. The highest BCUT2D eigenvalue weighted by atomic mass is 32.2. The van der Waals surface area contributed by atoms with Crippen LogP contribution in [-0.4, -0.2) is 54.7 Å². The lowest BCUT2D eigenvalue weighted by Crippen LogP contribution is -2.36. The molecule has 0 aliphatic heterocycles. The molecule has 15 heteroatoms. The van der Waals surface area contributed by atoms with Crippen LogP contribution in [0.25, 0.3) is 28.2 Å². The first-order chi connectivity index (χ1) is 16.9. The maximum atomic E-state index is 13.2. The standard InChI is InChI=1S/C21H17F3N8O3S/c1-3-36(34,35)19-14(17-28-12-8-11(21(22,23)24)9-27-15(12)31(17)2)16-26-7-4-13(32(16)30-19)18(33)29-20(10-25)5-6-20/h4,7-9H,3,5-6H2,1-2H3,(H,29,33). The van der Waals surface area contributed by atoms with Gasteiger partial charge in [0.05, 0.1) is 17.4 Å². The van der Waals surface area contributed by atoms with Crippen LogP contribution in [0.4, 0.5) is 13.2 Å². The second-order valence-corrected chi connectivity index (χ2v) is 10.5. The fraction of sp³-hybridized carbons (Fsp3) is 0.333. The zero-order chi connectivity index (χ0) is 26.0. The average Bonchev–Trinajstić information content (AvgIpc) is 3.38. The van der Waals surface area contributed by atoms with E-state index in [2.05, 4.69) is 25.4 Å². The summed E-state index contributed by atoms with van der Waals surface area (Å²) in [7, 11) is -2.53. The average molecular weight is 518 g/mol. The first-order valence-electron chi connectivity index (χ1n) is 10.6. The van der Waals surface area contributed by atoms with Crippen molar-refractivity contribution in [3.63, 3.8) is 0 Å². The Kier molecular flexibility index (Phi) is 5.08. The van der Waals surface area contributed by atoms with Gasteiger partial charge in [-0.05, 0) is 25.0 Å². The molecule has 0 saturated heterocycles. The number of fused-ring (bicyclic) bond motifs is 2. The largest absolute Gasteiger partial charge is 0.417 e. The van der Waals surface area contributed by atoms with Crippen molar-refractivity contribution in [1.82, 2.24) is 34.4 Å². The van der Waals surface area contributed by atoms with Gasteiger partial charge in [-0.3, -0.25) is 4.79 Å². The Balaban J connectivity index is 1.76. The van der Waals surface area contributed by atoms with Gasteiger partial charge in [-0.1, -0.05) is 6.92 Å². The quantitative estimate of drug-likeness (QED) is 0.423. The summed E-state index contributed by atoms with van der Waals surface area (Å²) in [4.78, 5) is 25.3. The number of rotatable bonds is 5. The lowest BCUT2D eigenvalue weighted by atomic mass is 10.2. The third kappa shape index (κ3) is 3.65. The van der Waals surface area contributed by atoms with E-state index in [1.807, 2.05) is 6.07 Å². The molecule has 4 aromatic rings. The maximum absolute atomic E-state index is 13.2. The molecule has 4 heterocycles. The molecule has 1 N–H and O–H groups in total. The summed E-state index contributed by atoms with van der Waals surface area (Å²) < 4.78 is 68.0. The molecule has 1 amide bonds. The van der Waals surface area contributed by atoms with Crippen LogP contribution in [0.3, 0.4) is 0 Å². The zero-order valence-corrected chi connectivity index (χ0v) is 19.6. The second-order valence-electron chi connectivity index (χ2n) is 8.36. The van der Waals surface area contributed by atoms with Crippen molar-refractivity contribution in [3.05, 3.63) is 35.8 Å². The van der Waals surface area contributed by atoms with E-state index in [1.54, 1.807) is 0 Å². The molecule has 1 saturated carbocycles. The monoisotopic (exact) mass is 518 g/mol. The van der Waals surface area contributed by atoms with Gasteiger partial charge in [0.25, 0.3) is 5.91 Å². The van der Waals surface area contributed by atoms with Gasteiger partial charge in [-0.15, -0.1) is 0 Å². The highest BCUT2D eigenvalue weighted by Gasteiger charge is 2.45. The zero-order valence-electron chi connectivity index (χ0n) is 18.8. The second kappa shape index (κ2) is 7.72. The van der Waals surface area contributed by atoms with Crippen molar-refractivity contribution in [2.75, 3.05) is 5.75 Å². The van der Waals surface area contributed by atoms with Gasteiger partial charge in [-0.25, -0.2) is 27.9 Å². The number of halogens is 3. The van der Waals surface area contributed by atoms with Gasteiger partial charge >= 0.3 is 6.18 Å². The Hall–Kier alpha value is -4.06. The van der Waals surface area contributed by atoms with E-state index in [1.165, 1.54) is 30.8 Å². The molecule has 4 aromatic heterocycles. The number of amides is 1. The third-order valence-electron chi connectivity index (χ3n) is 5.97. The van der Waals surface area contributed by atoms with Gasteiger partial charge in [0, 0.05) is 19.4 Å². The first kappa shape index (κ1) is 23.7. The van der Waals surface area contributed by atoms with Crippen LogP contribution in [0.1, 0.15) is 35.8 Å². The molecule has 0 spiro atoms. The third-order valence-corrected chi connectivity index (χ3v) is 7.61. The number of carbonyl (C=O) groups excluding carboxylic acids is 1. The van der Waals surface area contributed by atoms with Crippen molar-refractivity contribution in [3.8, 4) is 17.5 Å². The number of hydrogen-bond acceptors (Lipinski definition) is 8. The predicted octanol–water partition coefficient (Wildman–Crippen LogP) is 2.28. The number of nitriles is 1. The molecular weight excluding hydrogens is 501 g/mol. The molecule has 186 valence electrons. The molecule has 0 unspecified atom stereocenters. The van der Waals surface area contributed by atoms with Gasteiger partial charge in [-0.2, -0.15) is 23.5 Å². The number of hydrogen-bond donors (Lipinski definition) is 1. The normalized spacial score (nSPS) is 15.2. The number of carbonyl (C=O) groups is 1. The van der Waals surface area contributed by atoms with Crippen molar-refractivity contribution < 1.29 is 26.4 Å². The molecule has 0 atom stereocenters. The fourth-order valence-electron chi connectivity index (χ4n) is 3.77. The minimum absolute atomic E-state index is 0.0420. The fourth-order valence-corrected chi connectivity index (χ4v) is 4.75. The first-order valence-corrected chi connectivity index (χ1v) is 12.3. The SMILES string of the molecule is CCS(=O)(=O)c1nn2c(C(=O)NC3(C#N)CC3)ccnc2c1-c1nc2cc(C(F)(F)F)cnc2n1C. The number of pyridine rings is 1. The Morgan fingerprint density at radius 1 is 1.28 bits per heavy atom. The van der Waals surface area contributed by atoms with E-state index in [4.69, 9.17) is 0 Å². The van der Waals surface area contributed by atoms with Gasteiger partial charge in [0.15, 0.2) is 26.2 Å². The Labute approximate surface area is 201 Å². The summed E-state index contributed by atoms with van der Waals surface area (Å²) in [6.07, 6.45) is -1.75. The molecule has 0 bridgehead atoms. The minimum atomic E-state index is -4.65. The van der Waals surface area contributed by atoms with Crippen LogP contribution < -0.4 is 5.32 Å². The summed E-state index contributed by atoms with van der Waals surface area (Å²) in [6, 6.07) is 4.18. The number of nitrogens with one attached hydrogen (secondary N) is 1. The lowest BCUT2D eigenvalue weighted by Gasteiger charge is -2.09. The Bertz CT molecular complexity index is 1710. The molecule has 1 aliphatic rings. The van der Waals surface area contributed by atoms with E-state index in [0.717, 1.165) is 10.6 Å². The van der Waals surface area contributed by atoms with Crippen molar-refractivity contribution >= 4 is 32.6 Å². The molecule has 0 radical (unpaired) electrons. The van der Waals surface area contributed by atoms with E-state index in [0.29, 0.717) is 19.0 Å². The molecule has 11 nitrogen and oxygen atoms in total. The summed E-state index contributed by atoms with van der Waals surface area (Å²) in [5.74, 6) is -1.04. The number of aromatic nitrogens is 6. The van der Waals surface area contributed by atoms with Crippen LogP contribution in [0.5, 0.6) is 0 Å². The molecule has 5 rings (SSSR count). The number of imidazole rings is 1. The van der Waals surface area contributed by atoms with E-state index in [-0.39, 0.29) is 39.6 Å². The van der Waals surface area contributed by atoms with Gasteiger partial charge in [0.1, 0.15) is 28.1 Å². The highest BCUT2D eigenvalue weighted by Crippen LogP contribution is 2.36. The number of aryl methyl sites for hydroxylation is 1. The predicted molar refractivity (Wildman–Crippen MR) is 118 cm³/mol. The van der Waals surface area contributed by atoms with Crippen molar-refractivity contribution in [2.45, 2.75) is 36.5 Å². The summed E-state index contributed by atoms with van der Waals surface area (Å²) in [5, 5.41) is 15.7.